The molecule has 0 saturated carbocycles. The summed E-state index contributed by atoms with van der Waals surface area (Å²) in [6.07, 6.45) is 10.6. The lowest BCUT2D eigenvalue weighted by molar-refractivity contribution is 0.0697. The van der Waals surface area contributed by atoms with E-state index >= 15 is 0 Å². The minimum absolute atomic E-state index is 0.0470. The van der Waals surface area contributed by atoms with Gasteiger partial charge in [0.05, 0.1) is 23.3 Å². The smallest absolute Gasteiger partial charge is 0.337 e. The molecular formula is C28H37NO5S. The number of rotatable bonds is 13. The summed E-state index contributed by atoms with van der Waals surface area (Å²) < 4.78 is 32.5. The summed E-state index contributed by atoms with van der Waals surface area (Å²) in [4.78, 5) is 12.1. The maximum atomic E-state index is 13.2. The van der Waals surface area contributed by atoms with Crippen LogP contribution in [0.25, 0.3) is 0 Å². The number of unbranched alkanes of at least 4 members (excludes halogenated alkanes) is 8. The number of sulfonamides is 1. The lowest BCUT2D eigenvalue weighted by atomic mass is 10.0. The minimum Gasteiger partial charge on any atom is -0.497 e. The van der Waals surface area contributed by atoms with E-state index in [2.05, 4.69) is 18.8 Å². The molecule has 6 nitrogen and oxygen atoms in total. The summed E-state index contributed by atoms with van der Waals surface area (Å²) in [6, 6.07) is 9.17. The van der Waals surface area contributed by atoms with Crippen LogP contribution in [0.2, 0.25) is 0 Å². The number of anilines is 1. The Morgan fingerprint density at radius 1 is 1.00 bits per heavy atom. The first-order chi connectivity index (χ1) is 16.7. The van der Waals surface area contributed by atoms with Gasteiger partial charge in [0.2, 0.25) is 0 Å². The quantitative estimate of drug-likeness (QED) is 0.254. The monoisotopic (exact) mass is 499 g/mol. The van der Waals surface area contributed by atoms with Gasteiger partial charge in [-0.05, 0) is 55.3 Å². The predicted octanol–water partition coefficient (Wildman–Crippen LogP) is 6.41. The lowest BCUT2D eigenvalue weighted by Crippen LogP contribution is -2.29. The topological polar surface area (TPSA) is 83.9 Å². The van der Waals surface area contributed by atoms with Gasteiger partial charge in [-0.15, -0.1) is 0 Å². The van der Waals surface area contributed by atoms with Crippen molar-refractivity contribution in [3.8, 4) is 17.6 Å². The van der Waals surface area contributed by atoms with E-state index in [9.17, 15) is 18.3 Å². The number of carbonyl (C=O) groups is 1. The van der Waals surface area contributed by atoms with Gasteiger partial charge in [0.25, 0.3) is 10.0 Å². The van der Waals surface area contributed by atoms with Crippen molar-refractivity contribution in [1.29, 1.82) is 0 Å². The molecule has 0 spiro atoms. The fourth-order valence-electron chi connectivity index (χ4n) is 3.97. The van der Waals surface area contributed by atoms with Crippen LogP contribution < -0.4 is 9.04 Å². The second kappa shape index (κ2) is 13.8. The average molecular weight is 500 g/mol. The van der Waals surface area contributed by atoms with E-state index in [1.807, 2.05) is 0 Å². The third-order valence-electron chi connectivity index (χ3n) is 5.95. The standard InChI is InChI=1S/C28H37NO5S/c1-5-6-7-8-9-10-11-12-13-14-15-23-20-22(2)27(26(21-23)28(30)31)29(3)35(32,33)25-18-16-24(34-4)17-19-25/h16-21H,5-13H2,1-4H3,(H,30,31). The zero-order chi connectivity index (χ0) is 25.8. The molecule has 0 saturated heterocycles. The molecule has 0 aromatic heterocycles. The number of hydrogen-bond acceptors (Lipinski definition) is 4. The van der Waals surface area contributed by atoms with Gasteiger partial charge in [-0.3, -0.25) is 4.31 Å². The molecule has 2 rings (SSSR count). The average Bonchev–Trinajstić information content (AvgIpc) is 2.84. The molecule has 2 aromatic carbocycles. The number of nitrogens with zero attached hydrogens (tertiary/aromatic N) is 1. The largest absolute Gasteiger partial charge is 0.497 e. The molecular weight excluding hydrogens is 462 g/mol. The SMILES string of the molecule is CCCCCCCCCCC#Cc1cc(C)c(N(C)S(=O)(=O)c2ccc(OC)cc2)c(C(=O)O)c1. The predicted molar refractivity (Wildman–Crippen MR) is 141 cm³/mol. The van der Waals surface area contributed by atoms with Gasteiger partial charge in [-0.25, -0.2) is 13.2 Å². The lowest BCUT2D eigenvalue weighted by Gasteiger charge is -2.23. The van der Waals surface area contributed by atoms with Crippen molar-refractivity contribution in [3.63, 3.8) is 0 Å². The summed E-state index contributed by atoms with van der Waals surface area (Å²) in [5.41, 5.74) is 1.13. The number of carboxylic acid groups (broad SMARTS) is 1. The highest BCUT2D eigenvalue weighted by atomic mass is 32.2. The second-order valence-corrected chi connectivity index (χ2v) is 10.6. The van der Waals surface area contributed by atoms with E-state index in [0.717, 1.165) is 23.6 Å². The van der Waals surface area contributed by atoms with Crippen molar-refractivity contribution in [1.82, 2.24) is 0 Å². The van der Waals surface area contributed by atoms with Crippen LogP contribution in [0.3, 0.4) is 0 Å². The van der Waals surface area contributed by atoms with Crippen LogP contribution in [0.4, 0.5) is 5.69 Å². The van der Waals surface area contributed by atoms with E-state index in [0.29, 0.717) is 16.9 Å². The number of ether oxygens (including phenoxy) is 1. The third kappa shape index (κ3) is 8.03. The van der Waals surface area contributed by atoms with Crippen LogP contribution in [0.15, 0.2) is 41.3 Å². The van der Waals surface area contributed by atoms with E-state index in [1.54, 1.807) is 25.1 Å². The molecule has 0 heterocycles. The highest BCUT2D eigenvalue weighted by Crippen LogP contribution is 2.31. The Bertz CT molecular complexity index is 1140. The summed E-state index contributed by atoms with van der Waals surface area (Å²) >= 11 is 0. The summed E-state index contributed by atoms with van der Waals surface area (Å²) in [6.45, 7) is 3.92. The molecule has 0 bridgehead atoms. The molecule has 0 radical (unpaired) electrons. The van der Waals surface area contributed by atoms with Crippen molar-refractivity contribution < 1.29 is 23.1 Å². The summed E-state index contributed by atoms with van der Waals surface area (Å²) in [5.74, 6) is 5.52. The van der Waals surface area contributed by atoms with Gasteiger partial charge in [0.15, 0.2) is 0 Å². The molecule has 0 aliphatic carbocycles. The molecule has 1 N–H and O–H groups in total. The molecule has 35 heavy (non-hydrogen) atoms. The Morgan fingerprint density at radius 3 is 2.17 bits per heavy atom. The second-order valence-electron chi connectivity index (χ2n) is 8.67. The van der Waals surface area contributed by atoms with E-state index in [-0.39, 0.29) is 16.1 Å². The Labute approximate surface area is 210 Å². The van der Waals surface area contributed by atoms with Gasteiger partial charge in [0, 0.05) is 19.0 Å². The van der Waals surface area contributed by atoms with Crippen LogP contribution in [0.5, 0.6) is 5.75 Å². The van der Waals surface area contributed by atoms with Crippen molar-refractivity contribution in [2.75, 3.05) is 18.5 Å². The van der Waals surface area contributed by atoms with Crippen molar-refractivity contribution in [3.05, 3.63) is 53.1 Å². The van der Waals surface area contributed by atoms with Crippen LogP contribution >= 0.6 is 0 Å². The minimum atomic E-state index is -3.97. The van der Waals surface area contributed by atoms with Crippen LogP contribution in [-0.2, 0) is 10.0 Å². The Kier molecular flexibility index (Phi) is 11.1. The third-order valence-corrected chi connectivity index (χ3v) is 7.72. The number of aromatic carboxylic acids is 1. The molecule has 0 fully saturated rings. The fourth-order valence-corrected chi connectivity index (χ4v) is 5.25. The number of hydrogen-bond donors (Lipinski definition) is 1. The fraction of sp³-hybridized carbons (Fsp3) is 0.464. The molecule has 2 aromatic rings. The normalized spacial score (nSPS) is 11.0. The maximum Gasteiger partial charge on any atom is 0.337 e. The zero-order valence-corrected chi connectivity index (χ0v) is 22.1. The highest BCUT2D eigenvalue weighted by Gasteiger charge is 2.27. The van der Waals surface area contributed by atoms with E-state index in [1.165, 1.54) is 70.9 Å². The van der Waals surface area contributed by atoms with Gasteiger partial charge in [0.1, 0.15) is 5.75 Å². The van der Waals surface area contributed by atoms with Crippen LogP contribution in [0.1, 0.15) is 86.2 Å². The first kappa shape index (κ1) is 28.3. The maximum absolute atomic E-state index is 13.2. The number of carboxylic acids is 1. The van der Waals surface area contributed by atoms with Gasteiger partial charge < -0.3 is 9.84 Å². The van der Waals surface area contributed by atoms with Crippen molar-refractivity contribution >= 4 is 21.7 Å². The molecule has 0 atom stereocenters. The number of aryl methyl sites for hydroxylation is 1. The zero-order valence-electron chi connectivity index (χ0n) is 21.3. The highest BCUT2D eigenvalue weighted by molar-refractivity contribution is 7.92. The van der Waals surface area contributed by atoms with Gasteiger partial charge in [-0.1, -0.05) is 63.7 Å². The van der Waals surface area contributed by atoms with Gasteiger partial charge >= 0.3 is 5.97 Å². The van der Waals surface area contributed by atoms with Crippen LogP contribution in [-0.4, -0.2) is 33.7 Å². The molecule has 0 unspecified atom stereocenters. The van der Waals surface area contributed by atoms with E-state index in [4.69, 9.17) is 4.74 Å². The van der Waals surface area contributed by atoms with E-state index < -0.39 is 16.0 Å². The number of methoxy groups -OCH3 is 1. The summed E-state index contributed by atoms with van der Waals surface area (Å²) in [5, 5.41) is 9.83. The van der Waals surface area contributed by atoms with Crippen molar-refractivity contribution in [2.24, 2.45) is 0 Å². The summed E-state index contributed by atoms with van der Waals surface area (Å²) in [7, 11) is -1.11. The van der Waals surface area contributed by atoms with Gasteiger partial charge in [-0.2, -0.15) is 0 Å². The Balaban J connectivity index is 2.13. The van der Waals surface area contributed by atoms with Crippen LogP contribution in [0, 0.1) is 18.8 Å². The Hall–Kier alpha value is -2.98. The first-order valence-corrected chi connectivity index (χ1v) is 13.7. The molecule has 0 aliphatic heterocycles. The Morgan fingerprint density at radius 2 is 1.60 bits per heavy atom. The molecule has 190 valence electrons. The first-order valence-electron chi connectivity index (χ1n) is 12.2. The molecule has 0 amide bonds. The van der Waals surface area contributed by atoms with Crippen molar-refractivity contribution in [2.45, 2.75) is 76.5 Å². The molecule has 0 aliphatic rings. The molecule has 7 heteroatoms. The number of benzene rings is 2.